The lowest BCUT2D eigenvalue weighted by atomic mass is 9.66. The maximum Gasteiger partial charge on any atom is 0.451 e. The number of hydrogen-bond donors (Lipinski definition) is 5. The van der Waals surface area contributed by atoms with Crippen LogP contribution in [0.2, 0.25) is 6.32 Å². The number of nitrogens with one attached hydrogen (secondary N) is 1. The van der Waals surface area contributed by atoms with Gasteiger partial charge in [-0.2, -0.15) is 0 Å². The van der Waals surface area contributed by atoms with Crippen molar-refractivity contribution >= 4 is 13.1 Å². The van der Waals surface area contributed by atoms with Gasteiger partial charge in [-0.1, -0.05) is 57.9 Å². The Morgan fingerprint density at radius 1 is 1.18 bits per heavy atom. The van der Waals surface area contributed by atoms with Crippen molar-refractivity contribution < 1.29 is 19.9 Å². The molecule has 1 aromatic rings. The Balaban J connectivity index is 1.79. The first-order valence-electron chi connectivity index (χ1n) is 10.2. The monoisotopic (exact) mass is 390 g/mol. The number of carboxylic acids is 1. The third kappa shape index (κ3) is 6.04. The largest absolute Gasteiger partial charge is 0.480 e. The number of rotatable bonds is 10. The van der Waals surface area contributed by atoms with Gasteiger partial charge in [0.1, 0.15) is 5.54 Å². The topological polar surface area (TPSA) is 116 Å². The minimum absolute atomic E-state index is 0.0511. The lowest BCUT2D eigenvalue weighted by molar-refractivity contribution is -0.148. The first-order chi connectivity index (χ1) is 13.0. The normalized spacial score (nSPS) is 21.6. The molecule has 28 heavy (non-hydrogen) atoms. The molecular formula is C21H35BN2O4. The van der Waals surface area contributed by atoms with Crippen LogP contribution in [-0.4, -0.2) is 39.8 Å². The molecule has 1 fully saturated rings. The molecule has 1 saturated carbocycles. The van der Waals surface area contributed by atoms with Crippen LogP contribution in [-0.2, 0) is 16.8 Å². The Morgan fingerprint density at radius 3 is 2.29 bits per heavy atom. The van der Waals surface area contributed by atoms with Gasteiger partial charge in [-0.25, -0.2) is 0 Å². The van der Waals surface area contributed by atoms with Crippen molar-refractivity contribution in [2.24, 2.45) is 11.7 Å². The van der Waals surface area contributed by atoms with E-state index < -0.39 is 18.6 Å². The zero-order valence-corrected chi connectivity index (χ0v) is 17.3. The van der Waals surface area contributed by atoms with Gasteiger partial charge < -0.3 is 26.2 Å². The van der Waals surface area contributed by atoms with E-state index in [4.69, 9.17) is 15.8 Å². The summed E-state index contributed by atoms with van der Waals surface area (Å²) in [5.41, 5.74) is 7.68. The van der Waals surface area contributed by atoms with Crippen molar-refractivity contribution in [3.8, 4) is 0 Å². The van der Waals surface area contributed by atoms with Gasteiger partial charge in [0.25, 0.3) is 0 Å². The van der Waals surface area contributed by atoms with Gasteiger partial charge >= 0.3 is 13.1 Å². The molecule has 0 bridgehead atoms. The van der Waals surface area contributed by atoms with Crippen LogP contribution in [0.3, 0.4) is 0 Å². The zero-order chi connectivity index (χ0) is 20.9. The molecule has 156 valence electrons. The molecule has 0 amide bonds. The second-order valence-electron chi connectivity index (χ2n) is 9.26. The zero-order valence-electron chi connectivity index (χ0n) is 17.3. The van der Waals surface area contributed by atoms with E-state index in [1.807, 2.05) is 0 Å². The van der Waals surface area contributed by atoms with Crippen molar-refractivity contribution in [2.45, 2.75) is 82.7 Å². The van der Waals surface area contributed by atoms with E-state index in [0.717, 1.165) is 19.4 Å². The Hall–Kier alpha value is -1.41. The molecule has 1 aliphatic rings. The van der Waals surface area contributed by atoms with Gasteiger partial charge in [0, 0.05) is 12.6 Å². The van der Waals surface area contributed by atoms with Gasteiger partial charge in [0.2, 0.25) is 0 Å². The summed E-state index contributed by atoms with van der Waals surface area (Å²) in [4.78, 5) is 11.7. The highest BCUT2D eigenvalue weighted by Crippen LogP contribution is 2.38. The molecule has 6 N–H and O–H groups in total. The van der Waals surface area contributed by atoms with E-state index >= 15 is 0 Å². The summed E-state index contributed by atoms with van der Waals surface area (Å²) in [5, 5.41) is 30.9. The third-order valence-corrected chi connectivity index (χ3v) is 5.98. The SMILES string of the molecule is CC(C)(C)c1ccc(CN[C@H]2C[C@H](C(N)(CCCCB(O)O)C(=O)O)C2)cc1. The van der Waals surface area contributed by atoms with Crippen LogP contribution in [0.5, 0.6) is 0 Å². The third-order valence-electron chi connectivity index (χ3n) is 5.98. The lowest BCUT2D eigenvalue weighted by Gasteiger charge is -2.45. The second-order valence-corrected chi connectivity index (χ2v) is 9.26. The highest BCUT2D eigenvalue weighted by molar-refractivity contribution is 6.40. The van der Waals surface area contributed by atoms with Crippen LogP contribution in [0.15, 0.2) is 24.3 Å². The van der Waals surface area contributed by atoms with E-state index in [2.05, 4.69) is 50.4 Å². The standard InChI is InChI=1S/C21H35BN2O4/c1-20(2,3)16-8-6-15(7-9-16)14-24-18-12-17(13-18)21(23,19(25)26)10-4-5-11-22(27)28/h6-9,17-18,24,27-28H,4-5,10-14,23H2,1-3H3,(H,25,26)/t17-,18-,21?. The Kier molecular flexibility index (Phi) is 7.68. The van der Waals surface area contributed by atoms with Crippen LogP contribution < -0.4 is 11.1 Å². The fourth-order valence-corrected chi connectivity index (χ4v) is 3.82. The van der Waals surface area contributed by atoms with E-state index in [1.54, 1.807) is 0 Å². The summed E-state index contributed by atoms with van der Waals surface area (Å²) < 4.78 is 0. The summed E-state index contributed by atoms with van der Waals surface area (Å²) >= 11 is 0. The van der Waals surface area contributed by atoms with Crippen molar-refractivity contribution in [3.63, 3.8) is 0 Å². The van der Waals surface area contributed by atoms with Crippen LogP contribution >= 0.6 is 0 Å². The van der Waals surface area contributed by atoms with Crippen LogP contribution in [0.4, 0.5) is 0 Å². The van der Waals surface area contributed by atoms with Gasteiger partial charge in [-0.15, -0.1) is 0 Å². The fraction of sp³-hybridized carbons (Fsp3) is 0.667. The predicted octanol–water partition coefficient (Wildman–Crippen LogP) is 2.28. The van der Waals surface area contributed by atoms with Crippen LogP contribution in [0.1, 0.15) is 64.0 Å². The Morgan fingerprint density at radius 2 is 1.79 bits per heavy atom. The molecular weight excluding hydrogens is 355 g/mol. The molecule has 0 aliphatic heterocycles. The maximum atomic E-state index is 11.7. The Labute approximate surface area is 168 Å². The maximum absolute atomic E-state index is 11.7. The number of carboxylic acid groups (broad SMARTS) is 1. The summed E-state index contributed by atoms with van der Waals surface area (Å²) in [6, 6.07) is 8.90. The number of aliphatic carboxylic acids is 1. The van der Waals surface area contributed by atoms with Gasteiger partial charge in [-0.05, 0) is 48.0 Å². The molecule has 0 radical (unpaired) electrons. The summed E-state index contributed by atoms with van der Waals surface area (Å²) in [6.07, 6.45) is 3.26. The summed E-state index contributed by atoms with van der Waals surface area (Å²) in [6.45, 7) is 7.35. The van der Waals surface area contributed by atoms with Crippen molar-refractivity contribution in [3.05, 3.63) is 35.4 Å². The van der Waals surface area contributed by atoms with Crippen LogP contribution in [0.25, 0.3) is 0 Å². The van der Waals surface area contributed by atoms with Gasteiger partial charge in [0.15, 0.2) is 0 Å². The average molecular weight is 390 g/mol. The molecule has 1 aromatic carbocycles. The van der Waals surface area contributed by atoms with Crippen LogP contribution in [0, 0.1) is 5.92 Å². The number of benzene rings is 1. The molecule has 7 heteroatoms. The predicted molar refractivity (Wildman–Crippen MR) is 112 cm³/mol. The fourth-order valence-electron chi connectivity index (χ4n) is 3.82. The highest BCUT2D eigenvalue weighted by Gasteiger charge is 2.48. The molecule has 6 nitrogen and oxygen atoms in total. The minimum Gasteiger partial charge on any atom is -0.480 e. The molecule has 2 rings (SSSR count). The summed E-state index contributed by atoms with van der Waals surface area (Å²) in [7, 11) is -1.34. The smallest absolute Gasteiger partial charge is 0.451 e. The molecule has 1 aliphatic carbocycles. The van der Waals surface area contributed by atoms with Crippen molar-refractivity contribution in [1.29, 1.82) is 0 Å². The minimum atomic E-state index is -1.34. The van der Waals surface area contributed by atoms with Crippen molar-refractivity contribution in [1.82, 2.24) is 5.32 Å². The van der Waals surface area contributed by atoms with Gasteiger partial charge in [-0.3, -0.25) is 4.79 Å². The van der Waals surface area contributed by atoms with Gasteiger partial charge in [0.05, 0.1) is 0 Å². The van der Waals surface area contributed by atoms with E-state index in [0.29, 0.717) is 19.3 Å². The van der Waals surface area contributed by atoms with E-state index in [1.165, 1.54) is 11.1 Å². The molecule has 1 atom stereocenters. The molecule has 1 unspecified atom stereocenters. The Bertz CT molecular complexity index is 639. The first-order valence-corrected chi connectivity index (χ1v) is 10.2. The molecule has 0 heterocycles. The number of unbranched alkanes of at least 4 members (excludes halogenated alkanes) is 1. The van der Waals surface area contributed by atoms with E-state index in [-0.39, 0.29) is 23.7 Å². The van der Waals surface area contributed by atoms with Crippen molar-refractivity contribution in [2.75, 3.05) is 0 Å². The highest BCUT2D eigenvalue weighted by atomic mass is 16.4. The molecule has 0 saturated heterocycles. The quantitative estimate of drug-likeness (QED) is 0.309. The second kappa shape index (κ2) is 9.40. The lowest BCUT2D eigenvalue weighted by Crippen LogP contribution is -2.61. The molecule has 0 aromatic heterocycles. The average Bonchev–Trinajstić information content (AvgIpc) is 2.56. The summed E-state index contributed by atoms with van der Waals surface area (Å²) in [5.74, 6) is -1.01. The number of hydrogen-bond acceptors (Lipinski definition) is 5. The molecule has 0 spiro atoms. The van der Waals surface area contributed by atoms with E-state index in [9.17, 15) is 9.90 Å². The first kappa shape index (κ1) is 22.9. The number of carbonyl (C=O) groups is 1. The number of nitrogens with two attached hydrogens (primary N) is 1.